The van der Waals surface area contributed by atoms with Crippen LogP contribution in [0.4, 0.5) is 0 Å². The van der Waals surface area contributed by atoms with Gasteiger partial charge in [-0.05, 0) is 60.4 Å². The van der Waals surface area contributed by atoms with Crippen LogP contribution in [0.2, 0.25) is 0 Å². The van der Waals surface area contributed by atoms with Crippen molar-refractivity contribution in [3.05, 3.63) is 0 Å². The Labute approximate surface area is 122 Å². The maximum Gasteiger partial charge on any atom is 0.323 e. The Morgan fingerprint density at radius 2 is 2.00 bits per heavy atom. The Bertz CT molecular complexity index is 365. The average Bonchev–Trinajstić information content (AvgIpc) is 2.57. The summed E-state index contributed by atoms with van der Waals surface area (Å²) in [6.45, 7) is 11.9. The minimum absolute atomic E-state index is 0.0623. The first-order chi connectivity index (χ1) is 9.27. The summed E-state index contributed by atoms with van der Waals surface area (Å²) in [5.74, 6) is -0.0623. The second-order valence-electron chi connectivity index (χ2n) is 7.19. The quantitative estimate of drug-likeness (QED) is 0.747. The number of piperidine rings is 1. The summed E-state index contributed by atoms with van der Waals surface area (Å²) in [4.78, 5) is 14.6. The number of hydrogen-bond acceptors (Lipinski definition) is 4. The van der Waals surface area contributed by atoms with Crippen LogP contribution in [-0.2, 0) is 14.3 Å². The number of likely N-dealkylation sites (tertiary alicyclic amines) is 1. The van der Waals surface area contributed by atoms with Crippen molar-refractivity contribution in [2.45, 2.75) is 83.6 Å². The zero-order valence-corrected chi connectivity index (χ0v) is 13.6. The molecule has 4 nitrogen and oxygen atoms in total. The minimum atomic E-state index is -0.217. The zero-order chi connectivity index (χ0) is 15.0. The van der Waals surface area contributed by atoms with Crippen LogP contribution in [-0.4, -0.2) is 47.3 Å². The smallest absolute Gasteiger partial charge is 0.323 e. The number of carbonyl (C=O) groups excluding carboxylic acids is 1. The fourth-order valence-electron chi connectivity index (χ4n) is 3.87. The first-order valence-corrected chi connectivity index (χ1v) is 7.89. The molecule has 0 aromatic carbocycles. The zero-order valence-electron chi connectivity index (χ0n) is 13.6. The summed E-state index contributed by atoms with van der Waals surface area (Å²) in [7, 11) is 0. The van der Waals surface area contributed by atoms with Crippen molar-refractivity contribution in [2.75, 3.05) is 13.2 Å². The molecule has 0 saturated carbocycles. The molecule has 2 rings (SSSR count). The molecule has 0 aliphatic carbocycles. The molecule has 0 N–H and O–H groups in total. The van der Waals surface area contributed by atoms with Gasteiger partial charge in [-0.2, -0.15) is 0 Å². The molecule has 2 aliphatic rings. The highest BCUT2D eigenvalue weighted by molar-refractivity contribution is 5.76. The third-order valence-electron chi connectivity index (χ3n) is 4.53. The summed E-state index contributed by atoms with van der Waals surface area (Å²) >= 11 is 0. The molecule has 0 radical (unpaired) electrons. The van der Waals surface area contributed by atoms with Crippen molar-refractivity contribution in [3.8, 4) is 0 Å². The normalized spacial score (nSPS) is 33.0. The summed E-state index contributed by atoms with van der Waals surface area (Å²) in [5, 5.41) is 0. The SMILES string of the molecule is CCOC(=O)C1CCCCN1C1CC(C)(C)OC1(C)C. The predicted molar refractivity (Wildman–Crippen MR) is 78.6 cm³/mol. The van der Waals surface area contributed by atoms with E-state index in [1.807, 2.05) is 6.92 Å². The molecule has 0 aromatic rings. The number of rotatable bonds is 3. The lowest BCUT2D eigenvalue weighted by Gasteiger charge is -2.42. The van der Waals surface area contributed by atoms with Crippen LogP contribution in [0.3, 0.4) is 0 Å². The molecule has 4 heteroatoms. The van der Waals surface area contributed by atoms with Crippen LogP contribution < -0.4 is 0 Å². The lowest BCUT2D eigenvalue weighted by Crippen LogP contribution is -2.55. The fourth-order valence-corrected chi connectivity index (χ4v) is 3.87. The van der Waals surface area contributed by atoms with E-state index in [1.165, 1.54) is 0 Å². The van der Waals surface area contributed by atoms with Gasteiger partial charge in [-0.15, -0.1) is 0 Å². The second-order valence-corrected chi connectivity index (χ2v) is 7.19. The Balaban J connectivity index is 2.17. The van der Waals surface area contributed by atoms with E-state index >= 15 is 0 Å². The molecule has 0 spiro atoms. The van der Waals surface area contributed by atoms with Crippen LogP contribution in [0.25, 0.3) is 0 Å². The van der Waals surface area contributed by atoms with E-state index < -0.39 is 0 Å². The summed E-state index contributed by atoms with van der Waals surface area (Å²) < 4.78 is 11.5. The van der Waals surface area contributed by atoms with Crippen molar-refractivity contribution >= 4 is 5.97 Å². The monoisotopic (exact) mass is 283 g/mol. The van der Waals surface area contributed by atoms with Crippen molar-refractivity contribution in [1.82, 2.24) is 4.90 Å². The number of esters is 1. The van der Waals surface area contributed by atoms with Crippen LogP contribution in [0.1, 0.15) is 60.3 Å². The van der Waals surface area contributed by atoms with Crippen molar-refractivity contribution < 1.29 is 14.3 Å². The molecule has 0 amide bonds. The molecular weight excluding hydrogens is 254 g/mol. The van der Waals surface area contributed by atoms with Gasteiger partial charge in [0.25, 0.3) is 0 Å². The van der Waals surface area contributed by atoms with Gasteiger partial charge in [0, 0.05) is 6.04 Å². The van der Waals surface area contributed by atoms with E-state index in [0.29, 0.717) is 6.61 Å². The van der Waals surface area contributed by atoms with E-state index in [2.05, 4.69) is 32.6 Å². The summed E-state index contributed by atoms with van der Waals surface area (Å²) in [6.07, 6.45) is 4.14. The third-order valence-corrected chi connectivity index (χ3v) is 4.53. The Morgan fingerprint density at radius 3 is 2.55 bits per heavy atom. The van der Waals surface area contributed by atoms with Gasteiger partial charge in [0.1, 0.15) is 6.04 Å². The maximum absolute atomic E-state index is 12.2. The highest BCUT2D eigenvalue weighted by atomic mass is 16.5. The first-order valence-electron chi connectivity index (χ1n) is 7.89. The number of hydrogen-bond donors (Lipinski definition) is 0. The Hall–Kier alpha value is -0.610. The molecule has 2 saturated heterocycles. The maximum atomic E-state index is 12.2. The van der Waals surface area contributed by atoms with Crippen molar-refractivity contribution in [1.29, 1.82) is 0 Å². The highest BCUT2D eigenvalue weighted by Gasteiger charge is 2.51. The van der Waals surface area contributed by atoms with Gasteiger partial charge >= 0.3 is 5.97 Å². The average molecular weight is 283 g/mol. The first kappa shape index (κ1) is 15.8. The number of ether oxygens (including phenoxy) is 2. The molecule has 116 valence electrons. The van der Waals surface area contributed by atoms with Crippen LogP contribution in [0.5, 0.6) is 0 Å². The third kappa shape index (κ3) is 3.17. The molecule has 2 atom stereocenters. The van der Waals surface area contributed by atoms with Crippen LogP contribution >= 0.6 is 0 Å². The lowest BCUT2D eigenvalue weighted by atomic mass is 9.89. The fraction of sp³-hybridized carbons (Fsp3) is 0.938. The molecule has 2 unspecified atom stereocenters. The number of nitrogens with zero attached hydrogens (tertiary/aromatic N) is 1. The largest absolute Gasteiger partial charge is 0.465 e. The molecular formula is C16H29NO3. The lowest BCUT2D eigenvalue weighted by molar-refractivity contribution is -0.154. The number of carbonyl (C=O) groups is 1. The predicted octanol–water partition coefficient (Wildman–Crippen LogP) is 2.75. The summed E-state index contributed by atoms with van der Waals surface area (Å²) in [6, 6.07) is 0.192. The molecule has 2 aliphatic heterocycles. The van der Waals surface area contributed by atoms with Gasteiger partial charge in [-0.1, -0.05) is 6.42 Å². The van der Waals surface area contributed by atoms with Gasteiger partial charge in [-0.25, -0.2) is 0 Å². The molecule has 2 fully saturated rings. The van der Waals surface area contributed by atoms with E-state index in [0.717, 1.165) is 32.2 Å². The highest BCUT2D eigenvalue weighted by Crippen LogP contribution is 2.42. The van der Waals surface area contributed by atoms with E-state index in [1.54, 1.807) is 0 Å². The van der Waals surface area contributed by atoms with Crippen molar-refractivity contribution in [2.24, 2.45) is 0 Å². The summed E-state index contributed by atoms with van der Waals surface area (Å²) in [5.41, 5.74) is -0.337. The van der Waals surface area contributed by atoms with Gasteiger partial charge in [0.15, 0.2) is 0 Å². The minimum Gasteiger partial charge on any atom is -0.465 e. The van der Waals surface area contributed by atoms with E-state index in [-0.39, 0.29) is 29.3 Å². The topological polar surface area (TPSA) is 38.8 Å². The van der Waals surface area contributed by atoms with Crippen LogP contribution in [0.15, 0.2) is 0 Å². The standard InChI is InChI=1S/C16H29NO3/c1-6-19-14(18)12-9-7-8-10-17(12)13-11-15(2,3)20-16(13,4)5/h12-13H,6-11H2,1-5H3. The Kier molecular flexibility index (Phi) is 4.45. The molecule has 0 bridgehead atoms. The van der Waals surface area contributed by atoms with Gasteiger partial charge in [-0.3, -0.25) is 9.69 Å². The van der Waals surface area contributed by atoms with Crippen molar-refractivity contribution in [3.63, 3.8) is 0 Å². The van der Waals surface area contributed by atoms with Gasteiger partial charge in [0.2, 0.25) is 0 Å². The van der Waals surface area contributed by atoms with E-state index in [9.17, 15) is 4.79 Å². The molecule has 20 heavy (non-hydrogen) atoms. The van der Waals surface area contributed by atoms with E-state index in [4.69, 9.17) is 9.47 Å². The van der Waals surface area contributed by atoms with Gasteiger partial charge < -0.3 is 9.47 Å². The Morgan fingerprint density at radius 1 is 1.30 bits per heavy atom. The molecule has 2 heterocycles. The van der Waals surface area contributed by atoms with Crippen LogP contribution in [0, 0.1) is 0 Å². The molecule has 0 aromatic heterocycles. The second kappa shape index (κ2) is 5.64. The van der Waals surface area contributed by atoms with Gasteiger partial charge in [0.05, 0.1) is 17.8 Å².